The average molecular weight is 302 g/mol. The van der Waals surface area contributed by atoms with Gasteiger partial charge in [-0.2, -0.15) is 13.2 Å². The molecule has 0 amide bonds. The highest BCUT2D eigenvalue weighted by molar-refractivity contribution is 6.29. The lowest BCUT2D eigenvalue weighted by Crippen LogP contribution is -2.17. The molecule has 1 aromatic heterocycles. The van der Waals surface area contributed by atoms with E-state index in [0.29, 0.717) is 5.69 Å². The van der Waals surface area contributed by atoms with Gasteiger partial charge in [0.25, 0.3) is 0 Å². The molecule has 1 heterocycles. The van der Waals surface area contributed by atoms with Gasteiger partial charge in [0.05, 0.1) is 0 Å². The molecule has 0 aliphatic rings. The van der Waals surface area contributed by atoms with Gasteiger partial charge in [-0.1, -0.05) is 23.7 Å². The summed E-state index contributed by atoms with van der Waals surface area (Å²) in [7, 11) is 1.62. The molecule has 0 unspecified atom stereocenters. The van der Waals surface area contributed by atoms with E-state index in [2.05, 4.69) is 9.97 Å². The highest BCUT2D eigenvalue weighted by atomic mass is 35.5. The van der Waals surface area contributed by atoms with E-state index in [1.807, 2.05) is 25.1 Å². The maximum Gasteiger partial charge on any atom is 0.451 e. The predicted molar refractivity (Wildman–Crippen MR) is 71.3 cm³/mol. The molecule has 0 bridgehead atoms. The minimum Gasteiger partial charge on any atom is -0.329 e. The van der Waals surface area contributed by atoms with Crippen LogP contribution < -0.4 is 4.90 Å². The van der Waals surface area contributed by atoms with Crippen LogP contribution in [0.25, 0.3) is 0 Å². The Morgan fingerprint density at radius 1 is 1.15 bits per heavy atom. The van der Waals surface area contributed by atoms with Gasteiger partial charge >= 0.3 is 6.18 Å². The summed E-state index contributed by atoms with van der Waals surface area (Å²) < 4.78 is 38.0. The Balaban J connectivity index is 2.45. The van der Waals surface area contributed by atoms with E-state index in [9.17, 15) is 13.2 Å². The molecule has 3 nitrogen and oxygen atoms in total. The van der Waals surface area contributed by atoms with Gasteiger partial charge < -0.3 is 4.90 Å². The minimum atomic E-state index is -4.63. The molecule has 0 radical (unpaired) electrons. The number of anilines is 2. The Labute approximate surface area is 119 Å². The van der Waals surface area contributed by atoms with E-state index >= 15 is 0 Å². The lowest BCUT2D eigenvalue weighted by Gasteiger charge is -2.19. The first-order chi connectivity index (χ1) is 9.27. The normalized spacial score (nSPS) is 11.5. The third kappa shape index (κ3) is 3.19. The Morgan fingerprint density at radius 3 is 2.45 bits per heavy atom. The highest BCUT2D eigenvalue weighted by Crippen LogP contribution is 2.30. The number of rotatable bonds is 2. The number of alkyl halides is 3. The Kier molecular flexibility index (Phi) is 3.85. The number of hydrogen-bond donors (Lipinski definition) is 0. The monoisotopic (exact) mass is 301 g/mol. The largest absolute Gasteiger partial charge is 0.451 e. The number of halogens is 4. The Morgan fingerprint density at radius 2 is 1.85 bits per heavy atom. The lowest BCUT2D eigenvalue weighted by molar-refractivity contribution is -0.144. The van der Waals surface area contributed by atoms with Crippen LogP contribution in [0.2, 0.25) is 5.15 Å². The van der Waals surface area contributed by atoms with Crippen LogP contribution in [0.4, 0.5) is 24.7 Å². The Bertz CT molecular complexity index is 628. The van der Waals surface area contributed by atoms with Crippen molar-refractivity contribution in [3.8, 4) is 0 Å². The second-order valence-corrected chi connectivity index (χ2v) is 4.66. The molecule has 2 aromatic rings. The zero-order chi connectivity index (χ0) is 14.9. The number of aryl methyl sites for hydroxylation is 1. The van der Waals surface area contributed by atoms with Crippen LogP contribution in [0, 0.1) is 6.92 Å². The van der Waals surface area contributed by atoms with Crippen molar-refractivity contribution in [2.45, 2.75) is 13.1 Å². The number of benzene rings is 1. The van der Waals surface area contributed by atoms with Crippen LogP contribution in [0.5, 0.6) is 0 Å². The van der Waals surface area contributed by atoms with Gasteiger partial charge in [0.15, 0.2) is 0 Å². The van der Waals surface area contributed by atoms with Crippen molar-refractivity contribution < 1.29 is 13.2 Å². The summed E-state index contributed by atoms with van der Waals surface area (Å²) in [5.74, 6) is -1.16. The fourth-order valence-corrected chi connectivity index (χ4v) is 1.85. The fraction of sp³-hybridized carbons (Fsp3) is 0.231. The second kappa shape index (κ2) is 5.28. The molecule has 0 saturated heterocycles. The molecule has 0 fully saturated rings. The first-order valence-electron chi connectivity index (χ1n) is 5.69. The summed E-state index contributed by atoms with van der Waals surface area (Å²) in [5.41, 5.74) is 1.71. The zero-order valence-corrected chi connectivity index (χ0v) is 11.5. The van der Waals surface area contributed by atoms with Crippen molar-refractivity contribution in [3.05, 3.63) is 46.9 Å². The number of hydrogen-bond acceptors (Lipinski definition) is 3. The fourth-order valence-electron chi connectivity index (χ4n) is 1.67. The highest BCUT2D eigenvalue weighted by Gasteiger charge is 2.35. The molecule has 0 N–H and O–H groups in total. The van der Waals surface area contributed by atoms with Gasteiger partial charge in [-0.15, -0.1) is 0 Å². The number of aromatic nitrogens is 2. The molecular formula is C13H11ClF3N3. The van der Waals surface area contributed by atoms with E-state index in [1.54, 1.807) is 13.1 Å². The molecule has 0 saturated carbocycles. The average Bonchev–Trinajstić information content (AvgIpc) is 2.36. The van der Waals surface area contributed by atoms with Crippen molar-refractivity contribution in [1.82, 2.24) is 9.97 Å². The molecule has 1 aromatic carbocycles. The standard InChI is InChI=1S/C13H11ClF3N3/c1-8-4-3-5-9(6-8)20(2)11-7-10(14)18-12(19-11)13(15,16)17/h3-7H,1-2H3. The first-order valence-corrected chi connectivity index (χ1v) is 6.07. The van der Waals surface area contributed by atoms with Crippen molar-refractivity contribution in [1.29, 1.82) is 0 Å². The molecule has 2 rings (SSSR count). The van der Waals surface area contributed by atoms with E-state index in [-0.39, 0.29) is 11.0 Å². The summed E-state index contributed by atoms with van der Waals surface area (Å²) in [6, 6.07) is 8.61. The summed E-state index contributed by atoms with van der Waals surface area (Å²) in [6.07, 6.45) is -4.63. The van der Waals surface area contributed by atoms with Crippen LogP contribution in [0.1, 0.15) is 11.4 Å². The first kappa shape index (κ1) is 14.6. The second-order valence-electron chi connectivity index (χ2n) is 4.27. The molecule has 0 spiro atoms. The summed E-state index contributed by atoms with van der Waals surface area (Å²) >= 11 is 5.64. The van der Waals surface area contributed by atoms with Crippen LogP contribution >= 0.6 is 11.6 Å². The lowest BCUT2D eigenvalue weighted by atomic mass is 10.2. The van der Waals surface area contributed by atoms with Crippen LogP contribution in [-0.2, 0) is 6.18 Å². The van der Waals surface area contributed by atoms with Gasteiger partial charge in [0.1, 0.15) is 11.0 Å². The quantitative estimate of drug-likeness (QED) is 0.778. The van der Waals surface area contributed by atoms with Gasteiger partial charge in [0.2, 0.25) is 5.82 Å². The third-order valence-electron chi connectivity index (χ3n) is 2.67. The van der Waals surface area contributed by atoms with Gasteiger partial charge in [0, 0.05) is 18.8 Å². The Hall–Kier alpha value is -1.82. The van der Waals surface area contributed by atoms with E-state index in [0.717, 1.165) is 5.56 Å². The van der Waals surface area contributed by atoms with Crippen LogP contribution in [0.15, 0.2) is 30.3 Å². The molecular weight excluding hydrogens is 291 g/mol. The van der Waals surface area contributed by atoms with Crippen LogP contribution in [0.3, 0.4) is 0 Å². The maximum atomic E-state index is 12.7. The molecule has 0 aliphatic heterocycles. The van der Waals surface area contributed by atoms with Gasteiger partial charge in [-0.3, -0.25) is 0 Å². The van der Waals surface area contributed by atoms with E-state index < -0.39 is 12.0 Å². The van der Waals surface area contributed by atoms with E-state index in [1.165, 1.54) is 11.0 Å². The summed E-state index contributed by atoms with van der Waals surface area (Å²) in [4.78, 5) is 8.24. The maximum absolute atomic E-state index is 12.7. The van der Waals surface area contributed by atoms with Crippen molar-refractivity contribution >= 4 is 23.1 Å². The third-order valence-corrected chi connectivity index (χ3v) is 2.86. The SMILES string of the molecule is Cc1cccc(N(C)c2cc(Cl)nc(C(F)(F)F)n2)c1. The van der Waals surface area contributed by atoms with E-state index in [4.69, 9.17) is 11.6 Å². The summed E-state index contributed by atoms with van der Waals surface area (Å²) in [6.45, 7) is 1.89. The molecule has 106 valence electrons. The molecule has 7 heteroatoms. The molecule has 0 atom stereocenters. The molecule has 0 aliphatic carbocycles. The minimum absolute atomic E-state index is 0.0860. The van der Waals surface area contributed by atoms with Crippen molar-refractivity contribution in [2.75, 3.05) is 11.9 Å². The van der Waals surface area contributed by atoms with Gasteiger partial charge in [-0.25, -0.2) is 9.97 Å². The molecule has 20 heavy (non-hydrogen) atoms. The summed E-state index contributed by atoms with van der Waals surface area (Å²) in [5, 5.41) is -0.248. The smallest absolute Gasteiger partial charge is 0.329 e. The van der Waals surface area contributed by atoms with Gasteiger partial charge in [-0.05, 0) is 24.6 Å². The number of nitrogens with zero attached hydrogens (tertiary/aromatic N) is 3. The van der Waals surface area contributed by atoms with Crippen LogP contribution in [-0.4, -0.2) is 17.0 Å². The zero-order valence-electron chi connectivity index (χ0n) is 10.7. The predicted octanol–water partition coefficient (Wildman–Crippen LogP) is 4.23. The topological polar surface area (TPSA) is 29.0 Å². The van der Waals surface area contributed by atoms with Crippen molar-refractivity contribution in [2.24, 2.45) is 0 Å². The van der Waals surface area contributed by atoms with Crippen molar-refractivity contribution in [3.63, 3.8) is 0 Å².